The molecule has 44 heavy (non-hydrogen) atoms. The second-order valence-electron chi connectivity index (χ2n) is 13.7. The Morgan fingerprint density at radius 2 is 1.66 bits per heavy atom. The number of likely N-dealkylation sites (tertiary alicyclic amines) is 2. The molecule has 7 heteroatoms. The summed E-state index contributed by atoms with van der Waals surface area (Å²) in [5, 5.41) is 0. The molecule has 226 valence electrons. The Labute approximate surface area is 259 Å². The third-order valence-corrected chi connectivity index (χ3v) is 11.8. The molecule has 1 spiro atoms. The van der Waals surface area contributed by atoms with E-state index in [2.05, 4.69) is 71.0 Å². The summed E-state index contributed by atoms with van der Waals surface area (Å²) in [6, 6.07) is 27.6. The van der Waals surface area contributed by atoms with E-state index in [-0.39, 0.29) is 11.3 Å². The minimum absolute atomic E-state index is 0.0173. The smallest absolute Gasteiger partial charge is 0.253 e. The Balaban J connectivity index is 0.991. The van der Waals surface area contributed by atoms with E-state index in [9.17, 15) is 9.59 Å². The molecule has 2 N–H and O–H groups in total. The predicted octanol–water partition coefficient (Wildman–Crippen LogP) is 5.88. The molecule has 2 aliphatic carbocycles. The van der Waals surface area contributed by atoms with Crippen molar-refractivity contribution in [3.05, 3.63) is 101 Å². The second kappa shape index (κ2) is 10.3. The molecule has 4 aromatic rings. The van der Waals surface area contributed by atoms with Crippen molar-refractivity contribution >= 4 is 22.8 Å². The van der Waals surface area contributed by atoms with Gasteiger partial charge in [0.2, 0.25) is 5.91 Å². The van der Waals surface area contributed by atoms with Crippen LogP contribution in [0.3, 0.4) is 0 Å². The van der Waals surface area contributed by atoms with Crippen LogP contribution in [0.25, 0.3) is 11.0 Å². The van der Waals surface area contributed by atoms with Crippen molar-refractivity contribution in [3.8, 4) is 0 Å². The quantitative estimate of drug-likeness (QED) is 0.274. The summed E-state index contributed by atoms with van der Waals surface area (Å²) in [6.45, 7) is 4.70. The predicted molar refractivity (Wildman–Crippen MR) is 172 cm³/mol. The standard InChI is InChI=1S/C37H41N5O2/c1-25-39-31-12-5-6-13-32(31)42(25)30-23-29-14-15-37(29)33(24-30)41(37)21-18-36(28-10-3-2-4-11-28)16-19-40(20-17-36)35(44)27-9-7-8-26(22-27)34(38)43/h2-13,22,29-30,33H,14-21,23-24H2,1H3,(H2,38,43)/t29-,30+,33-,37?,41?/m0/s1. The first-order chi connectivity index (χ1) is 21.4. The van der Waals surface area contributed by atoms with E-state index >= 15 is 0 Å². The number of primary amides is 1. The summed E-state index contributed by atoms with van der Waals surface area (Å²) < 4.78 is 2.53. The van der Waals surface area contributed by atoms with E-state index < -0.39 is 5.91 Å². The number of piperidine rings is 1. The monoisotopic (exact) mass is 587 g/mol. The van der Waals surface area contributed by atoms with Crippen molar-refractivity contribution in [1.82, 2.24) is 19.4 Å². The number of aromatic nitrogens is 2. The second-order valence-corrected chi connectivity index (χ2v) is 13.7. The lowest BCUT2D eigenvalue weighted by Gasteiger charge is -2.45. The fraction of sp³-hybridized carbons (Fsp3) is 0.432. The molecule has 2 saturated heterocycles. The molecule has 8 rings (SSSR count). The van der Waals surface area contributed by atoms with Crippen LogP contribution >= 0.6 is 0 Å². The number of nitrogens with two attached hydrogens (primary N) is 1. The maximum Gasteiger partial charge on any atom is 0.253 e. The molecule has 0 radical (unpaired) electrons. The third-order valence-electron chi connectivity index (χ3n) is 11.8. The number of benzene rings is 3. The van der Waals surface area contributed by atoms with Crippen molar-refractivity contribution < 1.29 is 9.59 Å². The topological polar surface area (TPSA) is 84.2 Å². The van der Waals surface area contributed by atoms with Gasteiger partial charge >= 0.3 is 0 Å². The van der Waals surface area contributed by atoms with E-state index in [1.165, 1.54) is 36.8 Å². The highest BCUT2D eigenvalue weighted by molar-refractivity contribution is 5.99. The molecule has 0 bridgehead atoms. The highest BCUT2D eigenvalue weighted by Gasteiger charge is 2.72. The van der Waals surface area contributed by atoms with E-state index in [1.54, 1.807) is 24.3 Å². The number of amides is 2. The number of hydrogen-bond acceptors (Lipinski definition) is 4. The van der Waals surface area contributed by atoms with Gasteiger partial charge in [0.25, 0.3) is 5.91 Å². The summed E-state index contributed by atoms with van der Waals surface area (Å²) in [5.74, 6) is 1.39. The van der Waals surface area contributed by atoms with E-state index in [4.69, 9.17) is 10.7 Å². The number of imidazole rings is 1. The lowest BCUT2D eigenvalue weighted by Crippen LogP contribution is -2.47. The zero-order valence-electron chi connectivity index (χ0n) is 25.5. The summed E-state index contributed by atoms with van der Waals surface area (Å²) >= 11 is 0. The van der Waals surface area contributed by atoms with Crippen LogP contribution in [-0.2, 0) is 5.41 Å². The van der Waals surface area contributed by atoms with Gasteiger partial charge in [-0.05, 0) is 106 Å². The largest absolute Gasteiger partial charge is 0.366 e. The van der Waals surface area contributed by atoms with Crippen LogP contribution in [0.15, 0.2) is 78.9 Å². The molecule has 3 heterocycles. The van der Waals surface area contributed by atoms with Crippen LogP contribution in [0.1, 0.15) is 83.1 Å². The van der Waals surface area contributed by atoms with E-state index in [0.29, 0.717) is 41.8 Å². The number of carbonyl (C=O) groups excluding carboxylic acids is 2. The maximum absolute atomic E-state index is 13.4. The third kappa shape index (κ3) is 4.23. The van der Waals surface area contributed by atoms with Crippen molar-refractivity contribution in [2.24, 2.45) is 11.7 Å². The van der Waals surface area contributed by atoms with Gasteiger partial charge in [-0.15, -0.1) is 0 Å². The molecule has 2 amide bonds. The van der Waals surface area contributed by atoms with Crippen LogP contribution in [0, 0.1) is 12.8 Å². The number of rotatable bonds is 7. The average Bonchev–Trinajstić information content (AvgIpc) is 3.60. The zero-order valence-corrected chi connectivity index (χ0v) is 25.5. The Morgan fingerprint density at radius 1 is 0.909 bits per heavy atom. The molecule has 2 aliphatic heterocycles. The molecule has 2 unspecified atom stereocenters. The summed E-state index contributed by atoms with van der Waals surface area (Å²) in [5.41, 5.74) is 10.6. The first kappa shape index (κ1) is 27.6. The molecular formula is C37H41N5O2. The van der Waals surface area contributed by atoms with Gasteiger partial charge < -0.3 is 15.2 Å². The summed E-state index contributed by atoms with van der Waals surface area (Å²) in [4.78, 5) is 34.9. The van der Waals surface area contributed by atoms with Gasteiger partial charge in [0.15, 0.2) is 0 Å². The lowest BCUT2D eigenvalue weighted by atomic mass is 9.63. The van der Waals surface area contributed by atoms with Crippen LogP contribution < -0.4 is 5.73 Å². The van der Waals surface area contributed by atoms with Crippen molar-refractivity contribution in [1.29, 1.82) is 0 Å². The van der Waals surface area contributed by atoms with Gasteiger partial charge in [-0.1, -0.05) is 48.5 Å². The molecule has 4 fully saturated rings. The number of para-hydroxylation sites is 2. The van der Waals surface area contributed by atoms with E-state index in [0.717, 1.165) is 43.1 Å². The lowest BCUT2D eigenvalue weighted by molar-refractivity contribution is 0.0647. The molecule has 2 saturated carbocycles. The minimum atomic E-state index is -0.509. The number of hydrogen-bond donors (Lipinski definition) is 1. The summed E-state index contributed by atoms with van der Waals surface area (Å²) in [6.07, 6.45) is 8.14. The Bertz CT molecular complexity index is 1740. The fourth-order valence-corrected chi connectivity index (χ4v) is 9.41. The fourth-order valence-electron chi connectivity index (χ4n) is 9.41. The molecule has 5 atom stereocenters. The van der Waals surface area contributed by atoms with Gasteiger partial charge in [0.05, 0.1) is 11.0 Å². The Morgan fingerprint density at radius 3 is 2.41 bits per heavy atom. The molecule has 3 aromatic carbocycles. The highest BCUT2D eigenvalue weighted by Crippen LogP contribution is 2.66. The average molecular weight is 588 g/mol. The molecule has 1 aromatic heterocycles. The van der Waals surface area contributed by atoms with E-state index in [1.807, 2.05) is 4.90 Å². The summed E-state index contributed by atoms with van der Waals surface area (Å²) in [7, 11) is 0. The van der Waals surface area contributed by atoms with Crippen molar-refractivity contribution in [3.63, 3.8) is 0 Å². The van der Waals surface area contributed by atoms with Crippen LogP contribution in [-0.4, -0.2) is 62.4 Å². The number of carbonyl (C=O) groups is 2. The van der Waals surface area contributed by atoms with Crippen LogP contribution in [0.2, 0.25) is 0 Å². The first-order valence-corrected chi connectivity index (χ1v) is 16.3. The molecule has 4 aliphatic rings. The van der Waals surface area contributed by atoms with Gasteiger partial charge in [-0.2, -0.15) is 0 Å². The maximum atomic E-state index is 13.4. The van der Waals surface area contributed by atoms with Gasteiger partial charge in [0.1, 0.15) is 5.82 Å². The Kier molecular flexibility index (Phi) is 6.45. The van der Waals surface area contributed by atoms with Gasteiger partial charge in [-0.3, -0.25) is 14.5 Å². The normalized spacial score (nSPS) is 28.5. The van der Waals surface area contributed by atoms with Crippen LogP contribution in [0.5, 0.6) is 0 Å². The minimum Gasteiger partial charge on any atom is -0.366 e. The molecular weight excluding hydrogens is 546 g/mol. The first-order valence-electron chi connectivity index (χ1n) is 16.3. The van der Waals surface area contributed by atoms with Gasteiger partial charge in [0, 0.05) is 41.8 Å². The highest BCUT2D eigenvalue weighted by atomic mass is 16.2. The zero-order chi connectivity index (χ0) is 30.1. The Hall–Kier alpha value is -3.97. The van der Waals surface area contributed by atoms with Crippen molar-refractivity contribution in [2.75, 3.05) is 19.6 Å². The van der Waals surface area contributed by atoms with Crippen molar-refractivity contribution in [2.45, 2.75) is 74.9 Å². The van der Waals surface area contributed by atoms with Crippen LogP contribution in [0.4, 0.5) is 0 Å². The SMILES string of the molecule is Cc1nc2ccccc2n1[C@@H]1C[C@@H]2CCC23[C@H](C1)N3CCC1(c2ccccc2)CCN(C(=O)c2cccc(C(N)=O)c2)CC1. The molecule has 7 nitrogen and oxygen atoms in total. The van der Waals surface area contributed by atoms with Gasteiger partial charge in [-0.25, -0.2) is 4.98 Å². The number of fused-ring (bicyclic) bond motifs is 1. The number of aryl methyl sites for hydroxylation is 1. The number of nitrogens with zero attached hydrogens (tertiary/aromatic N) is 4.